The second-order valence-corrected chi connectivity index (χ2v) is 5.39. The normalized spacial score (nSPS) is 19.9. The fourth-order valence-electron chi connectivity index (χ4n) is 2.49. The standard InChI is InChI=1S/C14H16F3N5O/c15-14(16,17)11-1-2-12(18-7-11)8-21-5-6-23-13(9-21)10-22-4-3-19-20-22/h1-4,7,13H,5-6,8-10H2. The molecule has 0 bridgehead atoms. The summed E-state index contributed by atoms with van der Waals surface area (Å²) in [7, 11) is 0. The molecule has 6 nitrogen and oxygen atoms in total. The molecule has 0 spiro atoms. The molecule has 0 radical (unpaired) electrons. The first kappa shape index (κ1) is 15.9. The topological polar surface area (TPSA) is 56.1 Å². The average molecular weight is 327 g/mol. The van der Waals surface area contributed by atoms with Crippen LogP contribution in [0.5, 0.6) is 0 Å². The minimum atomic E-state index is -4.35. The minimum Gasteiger partial charge on any atom is -0.374 e. The van der Waals surface area contributed by atoms with Gasteiger partial charge in [-0.2, -0.15) is 13.2 Å². The maximum Gasteiger partial charge on any atom is 0.417 e. The highest BCUT2D eigenvalue weighted by atomic mass is 19.4. The van der Waals surface area contributed by atoms with Gasteiger partial charge in [0.2, 0.25) is 0 Å². The molecule has 0 amide bonds. The number of rotatable bonds is 4. The Balaban J connectivity index is 1.57. The number of morpholine rings is 1. The van der Waals surface area contributed by atoms with E-state index < -0.39 is 11.7 Å². The third-order valence-corrected chi connectivity index (χ3v) is 3.62. The van der Waals surface area contributed by atoms with Crippen molar-refractivity contribution in [3.05, 3.63) is 42.0 Å². The van der Waals surface area contributed by atoms with Crippen LogP contribution in [0.2, 0.25) is 0 Å². The first-order valence-electron chi connectivity index (χ1n) is 7.21. The summed E-state index contributed by atoms with van der Waals surface area (Å²) in [5.74, 6) is 0. The highest BCUT2D eigenvalue weighted by molar-refractivity contribution is 5.16. The van der Waals surface area contributed by atoms with Crippen molar-refractivity contribution < 1.29 is 17.9 Å². The largest absolute Gasteiger partial charge is 0.417 e. The lowest BCUT2D eigenvalue weighted by Gasteiger charge is -2.32. The Kier molecular flexibility index (Phi) is 4.58. The molecule has 3 rings (SSSR count). The van der Waals surface area contributed by atoms with E-state index in [2.05, 4.69) is 20.2 Å². The quantitative estimate of drug-likeness (QED) is 0.854. The summed E-state index contributed by atoms with van der Waals surface area (Å²) in [6.45, 7) is 3.05. The van der Waals surface area contributed by atoms with Gasteiger partial charge in [0, 0.05) is 32.0 Å². The number of halogens is 3. The van der Waals surface area contributed by atoms with Gasteiger partial charge in [0.05, 0.1) is 36.7 Å². The fraction of sp³-hybridized carbons (Fsp3) is 0.500. The molecular formula is C14H16F3N5O. The molecule has 23 heavy (non-hydrogen) atoms. The second kappa shape index (κ2) is 6.63. The van der Waals surface area contributed by atoms with Crippen LogP contribution in [0.4, 0.5) is 13.2 Å². The Hall–Kier alpha value is -2.00. The third-order valence-electron chi connectivity index (χ3n) is 3.62. The lowest BCUT2D eigenvalue weighted by atomic mass is 10.2. The van der Waals surface area contributed by atoms with Crippen LogP contribution in [-0.4, -0.2) is 50.7 Å². The molecule has 2 aromatic rings. The zero-order valence-electron chi connectivity index (χ0n) is 12.3. The number of ether oxygens (including phenoxy) is 1. The van der Waals surface area contributed by atoms with E-state index in [0.29, 0.717) is 31.9 Å². The SMILES string of the molecule is FC(F)(F)c1ccc(CN2CCOC(Cn3ccnn3)C2)nc1. The molecule has 1 saturated heterocycles. The van der Waals surface area contributed by atoms with Crippen molar-refractivity contribution in [3.63, 3.8) is 0 Å². The predicted molar refractivity (Wildman–Crippen MR) is 74.3 cm³/mol. The van der Waals surface area contributed by atoms with E-state index in [-0.39, 0.29) is 6.10 Å². The Morgan fingerprint density at radius 2 is 2.17 bits per heavy atom. The first-order chi connectivity index (χ1) is 11.0. The highest BCUT2D eigenvalue weighted by Gasteiger charge is 2.30. The molecule has 0 N–H and O–H groups in total. The van der Waals surface area contributed by atoms with Crippen LogP contribution in [-0.2, 0) is 24.0 Å². The van der Waals surface area contributed by atoms with Gasteiger partial charge in [-0.05, 0) is 12.1 Å². The monoisotopic (exact) mass is 327 g/mol. The number of alkyl halides is 3. The molecule has 1 aliphatic heterocycles. The van der Waals surface area contributed by atoms with Crippen LogP contribution < -0.4 is 0 Å². The summed E-state index contributed by atoms with van der Waals surface area (Å²) in [5, 5.41) is 7.65. The first-order valence-corrected chi connectivity index (χ1v) is 7.21. The number of aromatic nitrogens is 4. The summed E-state index contributed by atoms with van der Waals surface area (Å²) in [4.78, 5) is 6.02. The summed E-state index contributed by atoms with van der Waals surface area (Å²) < 4.78 is 45.0. The third kappa shape index (κ3) is 4.26. The van der Waals surface area contributed by atoms with Crippen LogP contribution >= 0.6 is 0 Å². The number of hydrogen-bond donors (Lipinski definition) is 0. The molecule has 1 unspecified atom stereocenters. The Morgan fingerprint density at radius 3 is 2.83 bits per heavy atom. The molecule has 1 aliphatic rings. The van der Waals surface area contributed by atoms with Crippen molar-refractivity contribution in [1.82, 2.24) is 24.9 Å². The molecule has 1 atom stereocenters. The molecule has 1 fully saturated rings. The van der Waals surface area contributed by atoms with Gasteiger partial charge in [0.25, 0.3) is 0 Å². The van der Waals surface area contributed by atoms with E-state index >= 15 is 0 Å². The molecule has 0 aliphatic carbocycles. The van der Waals surface area contributed by atoms with E-state index in [9.17, 15) is 13.2 Å². The van der Waals surface area contributed by atoms with Crippen molar-refractivity contribution >= 4 is 0 Å². The van der Waals surface area contributed by atoms with E-state index in [1.807, 2.05) is 0 Å². The van der Waals surface area contributed by atoms with Crippen molar-refractivity contribution in [3.8, 4) is 0 Å². The Morgan fingerprint density at radius 1 is 1.30 bits per heavy atom. The van der Waals surface area contributed by atoms with E-state index in [1.54, 1.807) is 17.1 Å². The molecule has 2 aromatic heterocycles. The zero-order chi connectivity index (χ0) is 16.3. The lowest BCUT2D eigenvalue weighted by Crippen LogP contribution is -2.43. The smallest absolute Gasteiger partial charge is 0.374 e. The van der Waals surface area contributed by atoms with E-state index in [4.69, 9.17) is 4.74 Å². The summed E-state index contributed by atoms with van der Waals surface area (Å²) in [5.41, 5.74) is -0.119. The predicted octanol–water partition coefficient (Wildman–Crippen LogP) is 1.59. The van der Waals surface area contributed by atoms with E-state index in [1.165, 1.54) is 6.07 Å². The van der Waals surface area contributed by atoms with Gasteiger partial charge in [-0.15, -0.1) is 5.10 Å². The van der Waals surface area contributed by atoms with Gasteiger partial charge >= 0.3 is 6.18 Å². The van der Waals surface area contributed by atoms with Gasteiger partial charge < -0.3 is 4.74 Å². The Labute approximate surface area is 130 Å². The molecular weight excluding hydrogens is 311 g/mol. The molecule has 124 valence electrons. The summed E-state index contributed by atoms with van der Waals surface area (Å²) >= 11 is 0. The molecule has 9 heteroatoms. The maximum absolute atomic E-state index is 12.5. The number of hydrogen-bond acceptors (Lipinski definition) is 5. The van der Waals surface area contributed by atoms with Crippen LogP contribution in [0.1, 0.15) is 11.3 Å². The van der Waals surface area contributed by atoms with E-state index in [0.717, 1.165) is 18.8 Å². The van der Waals surface area contributed by atoms with Gasteiger partial charge in [0.1, 0.15) is 0 Å². The van der Waals surface area contributed by atoms with Gasteiger partial charge in [-0.25, -0.2) is 4.68 Å². The van der Waals surface area contributed by atoms with Crippen molar-refractivity contribution in [1.29, 1.82) is 0 Å². The van der Waals surface area contributed by atoms with Crippen molar-refractivity contribution in [2.45, 2.75) is 25.4 Å². The summed E-state index contributed by atoms with van der Waals surface area (Å²) in [6.07, 6.45) is -0.136. The molecule has 3 heterocycles. The Bertz CT molecular complexity index is 614. The van der Waals surface area contributed by atoms with Gasteiger partial charge in [-0.1, -0.05) is 5.21 Å². The zero-order valence-corrected chi connectivity index (χ0v) is 12.3. The van der Waals surface area contributed by atoms with Crippen LogP contribution in [0.3, 0.4) is 0 Å². The second-order valence-electron chi connectivity index (χ2n) is 5.39. The minimum absolute atomic E-state index is 0.0279. The average Bonchev–Trinajstić information content (AvgIpc) is 3.00. The van der Waals surface area contributed by atoms with Crippen LogP contribution in [0.15, 0.2) is 30.7 Å². The molecule has 0 aromatic carbocycles. The number of nitrogens with zero attached hydrogens (tertiary/aromatic N) is 5. The van der Waals surface area contributed by atoms with Gasteiger partial charge in [-0.3, -0.25) is 9.88 Å². The molecule has 0 saturated carbocycles. The van der Waals surface area contributed by atoms with Crippen molar-refractivity contribution in [2.24, 2.45) is 0 Å². The fourth-order valence-corrected chi connectivity index (χ4v) is 2.49. The van der Waals surface area contributed by atoms with Crippen LogP contribution in [0, 0.1) is 0 Å². The van der Waals surface area contributed by atoms with Crippen molar-refractivity contribution in [2.75, 3.05) is 19.7 Å². The highest BCUT2D eigenvalue weighted by Crippen LogP contribution is 2.28. The number of pyridine rings is 1. The van der Waals surface area contributed by atoms with Gasteiger partial charge in [0.15, 0.2) is 0 Å². The lowest BCUT2D eigenvalue weighted by molar-refractivity contribution is -0.137. The maximum atomic E-state index is 12.5. The summed E-state index contributed by atoms with van der Waals surface area (Å²) in [6, 6.07) is 2.49. The van der Waals surface area contributed by atoms with Crippen LogP contribution in [0.25, 0.3) is 0 Å².